The van der Waals surface area contributed by atoms with E-state index in [0.717, 1.165) is 22.2 Å². The molecular weight excluding hydrogens is 587 g/mol. The van der Waals surface area contributed by atoms with Crippen LogP contribution in [0.2, 0.25) is 0 Å². The van der Waals surface area contributed by atoms with Gasteiger partial charge in [0.1, 0.15) is 6.67 Å². The lowest BCUT2D eigenvalue weighted by Gasteiger charge is -2.33. The maximum Gasteiger partial charge on any atom is 0.161 e. The summed E-state index contributed by atoms with van der Waals surface area (Å²) in [6.45, 7) is 6.58. The lowest BCUT2D eigenvalue weighted by molar-refractivity contribution is 0.514. The van der Waals surface area contributed by atoms with E-state index in [1.807, 2.05) is 60.7 Å². The first-order chi connectivity index (χ1) is 23.7. The van der Waals surface area contributed by atoms with Gasteiger partial charge in [-0.2, -0.15) is 0 Å². The van der Waals surface area contributed by atoms with Crippen LogP contribution in [0.25, 0.3) is 21.8 Å². The maximum absolute atomic E-state index is 5.17. The summed E-state index contributed by atoms with van der Waals surface area (Å²) in [5.41, 5.74) is 8.79. The number of para-hydroxylation sites is 1. The van der Waals surface area contributed by atoms with Gasteiger partial charge in [-0.05, 0) is 42.5 Å². The van der Waals surface area contributed by atoms with Crippen molar-refractivity contribution in [1.29, 1.82) is 0 Å². The summed E-state index contributed by atoms with van der Waals surface area (Å²) in [4.78, 5) is 14.4. The first-order valence-electron chi connectivity index (χ1n) is 16.3. The average molecular weight is 622 g/mol. The van der Waals surface area contributed by atoms with Crippen LogP contribution in [0.3, 0.4) is 0 Å². The highest BCUT2D eigenvalue weighted by Gasteiger charge is 2.46. The Bertz CT molecular complexity index is 2310. The average Bonchev–Trinajstić information content (AvgIpc) is 3.65. The topological polar surface area (TPSA) is 54.0 Å². The van der Waals surface area contributed by atoms with Crippen molar-refractivity contribution in [3.63, 3.8) is 0 Å². The summed E-state index contributed by atoms with van der Waals surface area (Å²) < 4.78 is 2.30. The molecule has 8 rings (SSSR count). The van der Waals surface area contributed by atoms with Gasteiger partial charge in [-0.15, -0.1) is 0 Å². The zero-order valence-electron chi connectivity index (χ0n) is 26.8. The second-order valence-electron chi connectivity index (χ2n) is 12.3. The molecule has 7 aromatic rings. The molecule has 6 aromatic carbocycles. The predicted molar refractivity (Wildman–Crippen MR) is 201 cm³/mol. The summed E-state index contributed by atoms with van der Waals surface area (Å²) in [6.07, 6.45) is 0. The minimum atomic E-state index is -0.284. The molecule has 2 heterocycles. The first kappa shape index (κ1) is 29.3. The molecule has 0 bridgehead atoms. The van der Waals surface area contributed by atoms with Gasteiger partial charge in [-0.1, -0.05) is 146 Å². The van der Waals surface area contributed by atoms with Crippen LogP contribution in [0, 0.1) is 0 Å². The van der Waals surface area contributed by atoms with Crippen molar-refractivity contribution < 1.29 is 0 Å². The van der Waals surface area contributed by atoms with Crippen LogP contribution >= 0.6 is 0 Å². The van der Waals surface area contributed by atoms with Crippen molar-refractivity contribution in [3.05, 3.63) is 186 Å². The molecule has 1 N–H and O–H groups in total. The number of hydrogen-bond acceptors (Lipinski definition) is 2. The van der Waals surface area contributed by atoms with Crippen molar-refractivity contribution in [2.75, 3.05) is 5.32 Å². The number of fused-ring (bicyclic) bond motifs is 5. The van der Waals surface area contributed by atoms with Gasteiger partial charge in [0.05, 0.1) is 17.1 Å². The number of anilines is 1. The Morgan fingerprint density at radius 3 is 1.92 bits per heavy atom. The normalized spacial score (nSPS) is 17.7. The molecule has 232 valence electrons. The fraction of sp³-hybridized carbons (Fsp3) is 0.0930. The molecule has 0 aliphatic carbocycles. The Morgan fingerprint density at radius 1 is 0.667 bits per heavy atom. The highest BCUT2D eigenvalue weighted by atomic mass is 15.1. The largest absolute Gasteiger partial charge is 0.376 e. The number of aliphatic imine (C=N–C) groups is 3. The molecule has 1 aliphatic heterocycles. The number of nitrogens with zero attached hydrogens (tertiary/aromatic N) is 4. The molecule has 0 radical (unpaired) electrons. The highest BCUT2D eigenvalue weighted by Crippen LogP contribution is 2.55. The fourth-order valence-corrected chi connectivity index (χ4v) is 7.28. The Balaban J connectivity index is 1.31. The van der Waals surface area contributed by atoms with Crippen LogP contribution in [-0.2, 0) is 12.1 Å². The van der Waals surface area contributed by atoms with Crippen LogP contribution in [0.1, 0.15) is 40.8 Å². The van der Waals surface area contributed by atoms with Crippen molar-refractivity contribution >= 4 is 45.9 Å². The van der Waals surface area contributed by atoms with Gasteiger partial charge >= 0.3 is 0 Å². The van der Waals surface area contributed by atoms with Gasteiger partial charge in [-0.25, -0.2) is 15.0 Å². The smallest absolute Gasteiger partial charge is 0.161 e. The lowest BCUT2D eigenvalue weighted by atomic mass is 9.71. The second-order valence-corrected chi connectivity index (χ2v) is 12.3. The predicted octanol–water partition coefficient (Wildman–Crippen LogP) is 9.82. The van der Waals surface area contributed by atoms with Gasteiger partial charge in [0.15, 0.2) is 11.7 Å². The molecule has 0 saturated carbocycles. The zero-order valence-corrected chi connectivity index (χ0v) is 26.8. The summed E-state index contributed by atoms with van der Waals surface area (Å²) in [6, 6.07) is 54.9. The Morgan fingerprint density at radius 2 is 1.25 bits per heavy atom. The van der Waals surface area contributed by atoms with Crippen LogP contribution in [0.15, 0.2) is 173 Å². The van der Waals surface area contributed by atoms with Crippen molar-refractivity contribution in [2.45, 2.75) is 25.0 Å². The number of rotatable bonds is 6. The van der Waals surface area contributed by atoms with E-state index in [2.05, 4.69) is 126 Å². The summed E-state index contributed by atoms with van der Waals surface area (Å²) in [5.74, 6) is 1.14. The molecule has 0 spiro atoms. The number of benzene rings is 6. The van der Waals surface area contributed by atoms with E-state index in [4.69, 9.17) is 9.98 Å². The molecule has 48 heavy (non-hydrogen) atoms. The summed E-state index contributed by atoms with van der Waals surface area (Å²) in [7, 11) is 0. The van der Waals surface area contributed by atoms with Gasteiger partial charge < -0.3 is 9.88 Å². The number of amidine groups is 2. The molecule has 5 nitrogen and oxygen atoms in total. The lowest BCUT2D eigenvalue weighted by Crippen LogP contribution is -2.30. The van der Waals surface area contributed by atoms with E-state index in [0.29, 0.717) is 18.3 Å². The van der Waals surface area contributed by atoms with Crippen LogP contribution in [0.5, 0.6) is 0 Å². The van der Waals surface area contributed by atoms with Gasteiger partial charge in [-0.3, -0.25) is 0 Å². The Labute approximate surface area is 280 Å². The zero-order chi connectivity index (χ0) is 32.5. The Hall–Kier alpha value is -6.07. The standard InChI is InChI=1S/C43H35N5/c1-43(33-23-13-6-14-24-33)35-27-28-37-38(39(35)46-40(43)30-17-7-3-8-18-30)34-25-15-16-26-36(34)48(37)29-45-42(32-21-11-5-12-22-32)47-41(44-2)31-19-9-4-10-20-31/h3-28,40,46H,2,29H2,1H3. The highest BCUT2D eigenvalue weighted by molar-refractivity contribution is 6.16. The van der Waals surface area contributed by atoms with Crippen molar-refractivity contribution in [2.24, 2.45) is 15.0 Å². The number of aromatic nitrogens is 1. The van der Waals surface area contributed by atoms with Gasteiger partial charge in [0, 0.05) is 33.0 Å². The molecule has 2 atom stereocenters. The van der Waals surface area contributed by atoms with E-state index < -0.39 is 0 Å². The Kier molecular flexibility index (Phi) is 7.50. The SMILES string of the molecule is C=NC(=NC(=NCn1c2ccccc2c2c3c(ccc21)C(C)(c1ccccc1)C(c1ccccc1)N3)c1ccccc1)c1ccccc1. The molecule has 2 unspecified atom stereocenters. The van der Waals surface area contributed by atoms with Crippen molar-refractivity contribution in [3.8, 4) is 0 Å². The minimum Gasteiger partial charge on any atom is -0.376 e. The molecule has 0 saturated heterocycles. The quantitative estimate of drug-likeness (QED) is 0.146. The molecular formula is C43H35N5. The van der Waals surface area contributed by atoms with E-state index in [9.17, 15) is 0 Å². The second kappa shape index (κ2) is 12.3. The third kappa shape index (κ3) is 4.92. The van der Waals surface area contributed by atoms with Crippen LogP contribution < -0.4 is 5.32 Å². The minimum absolute atomic E-state index is 0.0589. The maximum atomic E-state index is 5.17. The molecule has 1 aromatic heterocycles. The fourth-order valence-electron chi connectivity index (χ4n) is 7.28. The third-order valence-electron chi connectivity index (χ3n) is 9.66. The van der Waals surface area contributed by atoms with E-state index in [1.165, 1.54) is 33.2 Å². The molecule has 0 fully saturated rings. The van der Waals surface area contributed by atoms with Crippen molar-refractivity contribution in [1.82, 2.24) is 4.57 Å². The first-order valence-corrected chi connectivity index (χ1v) is 16.3. The van der Waals surface area contributed by atoms with Crippen LogP contribution in [-0.4, -0.2) is 23.0 Å². The number of nitrogens with one attached hydrogen (secondary N) is 1. The van der Waals surface area contributed by atoms with E-state index >= 15 is 0 Å². The summed E-state index contributed by atoms with van der Waals surface area (Å²) >= 11 is 0. The monoisotopic (exact) mass is 621 g/mol. The van der Waals surface area contributed by atoms with Crippen LogP contribution in [0.4, 0.5) is 5.69 Å². The molecule has 0 amide bonds. The molecule has 1 aliphatic rings. The number of hydrogen-bond donors (Lipinski definition) is 1. The van der Waals surface area contributed by atoms with Gasteiger partial charge in [0.25, 0.3) is 0 Å². The van der Waals surface area contributed by atoms with E-state index in [1.54, 1.807) is 0 Å². The van der Waals surface area contributed by atoms with E-state index in [-0.39, 0.29) is 11.5 Å². The third-order valence-corrected chi connectivity index (χ3v) is 9.66. The molecule has 5 heteroatoms. The van der Waals surface area contributed by atoms with Gasteiger partial charge in [0.2, 0.25) is 0 Å². The summed E-state index contributed by atoms with van der Waals surface area (Å²) in [5, 5.41) is 6.44.